The topological polar surface area (TPSA) is 50.4 Å². The number of rotatable bonds is 6. The molecule has 2 amide bonds. The highest BCUT2D eigenvalue weighted by atomic mass is 16.5. The first-order valence-electron chi connectivity index (χ1n) is 8.10. The molecule has 1 heterocycles. The van der Waals surface area contributed by atoms with Crippen molar-refractivity contribution in [2.45, 2.75) is 18.8 Å². The summed E-state index contributed by atoms with van der Waals surface area (Å²) >= 11 is 0. The summed E-state index contributed by atoms with van der Waals surface area (Å²) in [5.74, 6) is 1.17. The van der Waals surface area contributed by atoms with Gasteiger partial charge in [0.2, 0.25) is 0 Å². The molecule has 3 rings (SSSR count). The number of hydrogen-bond acceptors (Lipinski definition) is 2. The van der Waals surface area contributed by atoms with Gasteiger partial charge >= 0.3 is 6.03 Å². The standard InChI is InChI=1S/C19H22N2O2/c22-19(20-12-6-9-15-7-2-1-3-8-15)21-13-16-14-23-18-11-5-4-10-17(16)18/h1-5,7-8,10-11,16H,6,9,12-14H2,(H2,20,21,22). The molecular weight excluding hydrogens is 288 g/mol. The molecular formula is C19H22N2O2. The van der Waals surface area contributed by atoms with Gasteiger partial charge in [0.15, 0.2) is 0 Å². The summed E-state index contributed by atoms with van der Waals surface area (Å²) in [5.41, 5.74) is 2.48. The Morgan fingerprint density at radius 2 is 1.83 bits per heavy atom. The van der Waals surface area contributed by atoms with Crippen molar-refractivity contribution in [1.82, 2.24) is 10.6 Å². The maximum Gasteiger partial charge on any atom is 0.314 e. The summed E-state index contributed by atoms with van der Waals surface area (Å²) in [5, 5.41) is 5.84. The van der Waals surface area contributed by atoms with Gasteiger partial charge in [0, 0.05) is 24.6 Å². The molecule has 0 saturated carbocycles. The van der Waals surface area contributed by atoms with Crippen molar-refractivity contribution in [2.24, 2.45) is 0 Å². The van der Waals surface area contributed by atoms with Crippen molar-refractivity contribution >= 4 is 6.03 Å². The number of amides is 2. The maximum atomic E-state index is 11.9. The average Bonchev–Trinajstić information content (AvgIpc) is 3.01. The number of benzene rings is 2. The van der Waals surface area contributed by atoms with Crippen LogP contribution >= 0.6 is 0 Å². The third kappa shape index (κ3) is 4.25. The van der Waals surface area contributed by atoms with Gasteiger partial charge < -0.3 is 15.4 Å². The molecule has 0 radical (unpaired) electrons. The largest absolute Gasteiger partial charge is 0.493 e. The minimum absolute atomic E-state index is 0.109. The number of carbonyl (C=O) groups excluding carboxylic acids is 1. The van der Waals surface area contributed by atoms with Gasteiger partial charge in [-0.25, -0.2) is 4.79 Å². The number of hydrogen-bond donors (Lipinski definition) is 2. The Bertz CT molecular complexity index is 643. The first-order valence-corrected chi connectivity index (χ1v) is 8.10. The number of para-hydroxylation sites is 1. The van der Waals surface area contributed by atoms with E-state index in [1.54, 1.807) is 0 Å². The van der Waals surface area contributed by atoms with Crippen LogP contribution in [0.4, 0.5) is 4.79 Å². The van der Waals surface area contributed by atoms with E-state index in [1.807, 2.05) is 36.4 Å². The highest BCUT2D eigenvalue weighted by molar-refractivity contribution is 5.73. The highest BCUT2D eigenvalue weighted by Gasteiger charge is 2.23. The number of ether oxygens (including phenoxy) is 1. The van der Waals surface area contributed by atoms with Gasteiger partial charge in [-0.05, 0) is 24.5 Å². The molecule has 4 heteroatoms. The van der Waals surface area contributed by atoms with E-state index in [2.05, 4.69) is 28.8 Å². The summed E-state index contributed by atoms with van der Waals surface area (Å²) in [6, 6.07) is 18.2. The van der Waals surface area contributed by atoms with Crippen LogP contribution in [0.5, 0.6) is 5.75 Å². The minimum Gasteiger partial charge on any atom is -0.493 e. The number of nitrogens with one attached hydrogen (secondary N) is 2. The van der Waals surface area contributed by atoms with Crippen molar-refractivity contribution in [3.63, 3.8) is 0 Å². The first kappa shape index (κ1) is 15.4. The fourth-order valence-electron chi connectivity index (χ4n) is 2.82. The summed E-state index contributed by atoms with van der Waals surface area (Å²) in [7, 11) is 0. The number of carbonyl (C=O) groups is 1. The van der Waals surface area contributed by atoms with Gasteiger partial charge in [-0.3, -0.25) is 0 Å². The quantitative estimate of drug-likeness (QED) is 0.806. The summed E-state index contributed by atoms with van der Waals surface area (Å²) in [4.78, 5) is 11.9. The van der Waals surface area contributed by atoms with Crippen molar-refractivity contribution < 1.29 is 9.53 Å². The smallest absolute Gasteiger partial charge is 0.314 e. The summed E-state index contributed by atoms with van der Waals surface area (Å²) in [6.07, 6.45) is 1.91. The van der Waals surface area contributed by atoms with E-state index in [0.29, 0.717) is 19.7 Å². The Hall–Kier alpha value is -2.49. The molecule has 0 aliphatic carbocycles. The van der Waals surface area contributed by atoms with Crippen molar-refractivity contribution in [1.29, 1.82) is 0 Å². The van der Waals surface area contributed by atoms with Gasteiger partial charge in [0.25, 0.3) is 0 Å². The van der Waals surface area contributed by atoms with Crippen LogP contribution in [0.15, 0.2) is 54.6 Å². The van der Waals surface area contributed by atoms with E-state index in [4.69, 9.17) is 4.74 Å². The Balaban J connectivity index is 1.34. The average molecular weight is 310 g/mol. The monoisotopic (exact) mass is 310 g/mol. The zero-order chi connectivity index (χ0) is 15.9. The number of aryl methyl sites for hydroxylation is 1. The van der Waals surface area contributed by atoms with Gasteiger partial charge in [-0.1, -0.05) is 48.5 Å². The van der Waals surface area contributed by atoms with Crippen LogP contribution in [0.25, 0.3) is 0 Å². The minimum atomic E-state index is -0.109. The second-order valence-corrected chi connectivity index (χ2v) is 5.77. The van der Waals surface area contributed by atoms with E-state index < -0.39 is 0 Å². The van der Waals surface area contributed by atoms with Crippen LogP contribution in [0.1, 0.15) is 23.5 Å². The predicted molar refractivity (Wildman–Crippen MR) is 90.8 cm³/mol. The molecule has 2 aromatic rings. The third-order valence-corrected chi connectivity index (χ3v) is 4.08. The second kappa shape index (κ2) is 7.68. The van der Waals surface area contributed by atoms with Crippen molar-refractivity contribution in [3.05, 3.63) is 65.7 Å². The lowest BCUT2D eigenvalue weighted by Crippen LogP contribution is -2.38. The molecule has 2 aromatic carbocycles. The number of fused-ring (bicyclic) bond motifs is 1. The molecule has 2 N–H and O–H groups in total. The Morgan fingerprint density at radius 3 is 2.70 bits per heavy atom. The van der Waals surface area contributed by atoms with Gasteiger partial charge in [-0.15, -0.1) is 0 Å². The Morgan fingerprint density at radius 1 is 1.04 bits per heavy atom. The molecule has 0 fully saturated rings. The Kier molecular flexibility index (Phi) is 5.14. The van der Waals surface area contributed by atoms with Crippen molar-refractivity contribution in [3.8, 4) is 5.75 Å². The van der Waals surface area contributed by atoms with Crippen LogP contribution in [0.3, 0.4) is 0 Å². The van der Waals surface area contributed by atoms with E-state index in [-0.39, 0.29) is 11.9 Å². The predicted octanol–water partition coefficient (Wildman–Crippen LogP) is 3.09. The van der Waals surface area contributed by atoms with Crippen molar-refractivity contribution in [2.75, 3.05) is 19.7 Å². The molecule has 1 unspecified atom stereocenters. The van der Waals surface area contributed by atoms with Gasteiger partial charge in [0.1, 0.15) is 5.75 Å². The molecule has 0 spiro atoms. The molecule has 23 heavy (non-hydrogen) atoms. The molecule has 120 valence electrons. The maximum absolute atomic E-state index is 11.9. The molecule has 1 aliphatic heterocycles. The zero-order valence-electron chi connectivity index (χ0n) is 13.1. The van der Waals surface area contributed by atoms with E-state index in [1.165, 1.54) is 11.1 Å². The van der Waals surface area contributed by atoms with Crippen LogP contribution in [-0.2, 0) is 6.42 Å². The highest BCUT2D eigenvalue weighted by Crippen LogP contribution is 2.32. The van der Waals surface area contributed by atoms with Gasteiger partial charge in [0.05, 0.1) is 6.61 Å². The van der Waals surface area contributed by atoms with E-state index >= 15 is 0 Å². The molecule has 1 atom stereocenters. The second-order valence-electron chi connectivity index (χ2n) is 5.77. The summed E-state index contributed by atoms with van der Waals surface area (Å²) in [6.45, 7) is 1.91. The SMILES string of the molecule is O=C(NCCCc1ccccc1)NCC1COc2ccccc21. The fraction of sp³-hybridized carbons (Fsp3) is 0.316. The molecule has 0 saturated heterocycles. The Labute approximate surface area is 136 Å². The summed E-state index contributed by atoms with van der Waals surface area (Å²) < 4.78 is 5.62. The molecule has 0 aromatic heterocycles. The van der Waals surface area contributed by atoms with Crippen LogP contribution in [0.2, 0.25) is 0 Å². The molecule has 4 nitrogen and oxygen atoms in total. The van der Waals surface area contributed by atoms with E-state index in [9.17, 15) is 4.79 Å². The van der Waals surface area contributed by atoms with E-state index in [0.717, 1.165) is 18.6 Å². The van der Waals surface area contributed by atoms with Crippen LogP contribution in [0, 0.1) is 0 Å². The van der Waals surface area contributed by atoms with Gasteiger partial charge in [-0.2, -0.15) is 0 Å². The lowest BCUT2D eigenvalue weighted by atomic mass is 10.0. The fourth-order valence-corrected chi connectivity index (χ4v) is 2.82. The lowest BCUT2D eigenvalue weighted by Gasteiger charge is -2.11. The zero-order valence-corrected chi connectivity index (χ0v) is 13.1. The number of urea groups is 1. The first-order chi connectivity index (χ1) is 11.3. The third-order valence-electron chi connectivity index (χ3n) is 4.08. The van der Waals surface area contributed by atoms with Crippen LogP contribution < -0.4 is 15.4 Å². The molecule has 0 bridgehead atoms. The van der Waals surface area contributed by atoms with Crippen LogP contribution in [-0.4, -0.2) is 25.7 Å². The molecule has 1 aliphatic rings. The normalized spacial score (nSPS) is 15.6. The lowest BCUT2D eigenvalue weighted by molar-refractivity contribution is 0.239.